The average molecular weight is 288 g/mol. The first kappa shape index (κ1) is 13.8. The number of rotatable bonds is 4. The zero-order chi connectivity index (χ0) is 15.0. The highest BCUT2D eigenvalue weighted by atomic mass is 19.1. The quantitative estimate of drug-likeness (QED) is 0.571. The summed E-state index contributed by atoms with van der Waals surface area (Å²) in [6, 6.07) is 5.92. The average Bonchev–Trinajstić information content (AvgIpc) is 3.03. The van der Waals surface area contributed by atoms with E-state index < -0.39 is 0 Å². The van der Waals surface area contributed by atoms with Crippen molar-refractivity contribution in [2.75, 3.05) is 0 Å². The van der Waals surface area contributed by atoms with Crippen molar-refractivity contribution in [1.29, 1.82) is 0 Å². The molecular formula is C15H17FN4O. The Balaban J connectivity index is 2.08. The summed E-state index contributed by atoms with van der Waals surface area (Å²) in [6.07, 6.45) is 2.71. The number of nitrogens with zero attached hydrogens (tertiary/aromatic N) is 2. The number of nitrogens with one attached hydrogen (secondary N) is 1. The molecule has 0 spiro atoms. The molecule has 0 saturated heterocycles. The first-order chi connectivity index (χ1) is 10.1. The fourth-order valence-corrected chi connectivity index (χ4v) is 2.57. The number of nitrogens with two attached hydrogens (primary N) is 1. The van der Waals surface area contributed by atoms with Crippen LogP contribution >= 0.6 is 0 Å². The normalized spacial score (nSPS) is 13.0. The minimum Gasteiger partial charge on any atom is -0.459 e. The zero-order valence-electron chi connectivity index (χ0n) is 11.9. The Hall–Kier alpha value is -2.18. The van der Waals surface area contributed by atoms with E-state index in [4.69, 9.17) is 10.3 Å². The molecule has 2 aromatic heterocycles. The highest BCUT2D eigenvalue weighted by Crippen LogP contribution is 2.29. The van der Waals surface area contributed by atoms with E-state index in [1.54, 1.807) is 16.8 Å². The molecule has 0 aliphatic carbocycles. The summed E-state index contributed by atoms with van der Waals surface area (Å²) < 4.78 is 20.8. The molecule has 1 unspecified atom stereocenters. The Morgan fingerprint density at radius 2 is 2.24 bits per heavy atom. The van der Waals surface area contributed by atoms with Crippen LogP contribution in [0.3, 0.4) is 0 Å². The third-order valence-corrected chi connectivity index (χ3v) is 3.53. The van der Waals surface area contributed by atoms with E-state index in [9.17, 15) is 4.39 Å². The molecule has 0 radical (unpaired) electrons. The van der Waals surface area contributed by atoms with Crippen molar-refractivity contribution in [1.82, 2.24) is 15.2 Å². The predicted octanol–water partition coefficient (Wildman–Crippen LogP) is 2.42. The van der Waals surface area contributed by atoms with Gasteiger partial charge in [0.25, 0.3) is 0 Å². The number of benzene rings is 1. The van der Waals surface area contributed by atoms with Gasteiger partial charge in [0.2, 0.25) is 0 Å². The second-order valence-corrected chi connectivity index (χ2v) is 4.99. The molecule has 110 valence electrons. The van der Waals surface area contributed by atoms with Gasteiger partial charge >= 0.3 is 0 Å². The number of furan rings is 1. The van der Waals surface area contributed by atoms with Crippen LogP contribution in [0.5, 0.6) is 0 Å². The van der Waals surface area contributed by atoms with Crippen LogP contribution in [0.15, 0.2) is 34.9 Å². The number of fused-ring (bicyclic) bond motifs is 1. The highest BCUT2D eigenvalue weighted by Gasteiger charge is 2.22. The fraction of sp³-hybridized carbons (Fsp3) is 0.267. The van der Waals surface area contributed by atoms with Gasteiger partial charge in [-0.25, -0.2) is 9.82 Å². The van der Waals surface area contributed by atoms with Crippen molar-refractivity contribution in [3.05, 3.63) is 53.3 Å². The lowest BCUT2D eigenvalue weighted by Crippen LogP contribution is -2.29. The first-order valence-electron chi connectivity index (χ1n) is 6.80. The van der Waals surface area contributed by atoms with Crippen LogP contribution in [0.25, 0.3) is 11.0 Å². The Morgan fingerprint density at radius 3 is 2.95 bits per heavy atom. The van der Waals surface area contributed by atoms with Gasteiger partial charge < -0.3 is 4.42 Å². The lowest BCUT2D eigenvalue weighted by Gasteiger charge is -2.12. The van der Waals surface area contributed by atoms with Gasteiger partial charge in [0, 0.05) is 24.2 Å². The molecule has 0 aliphatic rings. The van der Waals surface area contributed by atoms with Crippen LogP contribution in [0.2, 0.25) is 0 Å². The van der Waals surface area contributed by atoms with Gasteiger partial charge in [-0.1, -0.05) is 6.92 Å². The number of aryl methyl sites for hydroxylation is 2. The zero-order valence-corrected chi connectivity index (χ0v) is 11.9. The molecule has 6 heteroatoms. The summed E-state index contributed by atoms with van der Waals surface area (Å²) in [6.45, 7) is 2.04. The van der Waals surface area contributed by atoms with Crippen LogP contribution in [-0.4, -0.2) is 9.78 Å². The molecule has 1 aromatic carbocycles. The Kier molecular flexibility index (Phi) is 3.48. The lowest BCUT2D eigenvalue weighted by molar-refractivity contribution is 0.475. The first-order valence-corrected chi connectivity index (χ1v) is 6.80. The molecule has 5 nitrogen and oxygen atoms in total. The molecule has 2 heterocycles. The Morgan fingerprint density at radius 1 is 1.43 bits per heavy atom. The third-order valence-electron chi connectivity index (χ3n) is 3.53. The van der Waals surface area contributed by atoms with Gasteiger partial charge in [-0.05, 0) is 30.7 Å². The monoisotopic (exact) mass is 288 g/mol. The number of hydrazine groups is 1. The maximum atomic E-state index is 13.3. The van der Waals surface area contributed by atoms with Crippen LogP contribution in [0.4, 0.5) is 4.39 Å². The van der Waals surface area contributed by atoms with Crippen molar-refractivity contribution in [2.24, 2.45) is 12.9 Å². The van der Waals surface area contributed by atoms with Gasteiger partial charge in [-0.15, -0.1) is 0 Å². The van der Waals surface area contributed by atoms with E-state index in [0.717, 1.165) is 17.7 Å². The highest BCUT2D eigenvalue weighted by molar-refractivity contribution is 5.78. The van der Waals surface area contributed by atoms with Crippen LogP contribution in [-0.2, 0) is 13.5 Å². The number of hydrogen-bond donors (Lipinski definition) is 2. The van der Waals surface area contributed by atoms with Crippen molar-refractivity contribution < 1.29 is 8.81 Å². The molecule has 0 aliphatic heterocycles. The topological polar surface area (TPSA) is 69.0 Å². The Bertz CT molecular complexity index is 777. The minimum atomic E-state index is -0.316. The number of halogens is 1. The summed E-state index contributed by atoms with van der Waals surface area (Å²) in [4.78, 5) is 0. The van der Waals surface area contributed by atoms with E-state index in [1.807, 2.05) is 20.2 Å². The maximum absolute atomic E-state index is 13.3. The van der Waals surface area contributed by atoms with Crippen molar-refractivity contribution >= 4 is 11.0 Å². The molecule has 0 fully saturated rings. The van der Waals surface area contributed by atoms with E-state index >= 15 is 0 Å². The molecule has 0 bridgehead atoms. The minimum absolute atomic E-state index is 0.289. The maximum Gasteiger partial charge on any atom is 0.134 e. The lowest BCUT2D eigenvalue weighted by atomic mass is 10.0. The van der Waals surface area contributed by atoms with Crippen molar-refractivity contribution in [3.8, 4) is 0 Å². The number of hydrogen-bond acceptors (Lipinski definition) is 4. The molecule has 0 saturated carbocycles. The fourth-order valence-electron chi connectivity index (χ4n) is 2.57. The molecule has 3 aromatic rings. The summed E-state index contributed by atoms with van der Waals surface area (Å²) in [7, 11) is 1.87. The van der Waals surface area contributed by atoms with E-state index in [0.29, 0.717) is 16.7 Å². The third kappa shape index (κ3) is 2.43. The smallest absolute Gasteiger partial charge is 0.134 e. The second-order valence-electron chi connectivity index (χ2n) is 4.99. The van der Waals surface area contributed by atoms with E-state index in [-0.39, 0.29) is 11.9 Å². The standard InChI is InChI=1S/C15H17FN4O/c1-3-12-11(8-20(2)19-12)15(18-17)14-7-9-6-10(16)4-5-13(9)21-14/h4-8,15,18H,3,17H2,1-2H3. The van der Waals surface area contributed by atoms with Gasteiger partial charge in [-0.3, -0.25) is 10.5 Å². The Labute approximate surface area is 121 Å². The second kappa shape index (κ2) is 5.31. The summed E-state index contributed by atoms with van der Waals surface area (Å²) >= 11 is 0. The van der Waals surface area contributed by atoms with Crippen molar-refractivity contribution in [3.63, 3.8) is 0 Å². The van der Waals surface area contributed by atoms with E-state index in [1.165, 1.54) is 12.1 Å². The van der Waals surface area contributed by atoms with Crippen LogP contribution < -0.4 is 11.3 Å². The van der Waals surface area contributed by atoms with Gasteiger partial charge in [0.15, 0.2) is 0 Å². The number of aromatic nitrogens is 2. The SMILES string of the molecule is CCc1nn(C)cc1C(NN)c1cc2cc(F)ccc2o1. The molecule has 1 atom stereocenters. The molecular weight excluding hydrogens is 271 g/mol. The van der Waals surface area contributed by atoms with Gasteiger partial charge in [-0.2, -0.15) is 5.10 Å². The van der Waals surface area contributed by atoms with Gasteiger partial charge in [0.1, 0.15) is 23.2 Å². The molecule has 21 heavy (non-hydrogen) atoms. The van der Waals surface area contributed by atoms with Crippen LogP contribution in [0, 0.1) is 5.82 Å². The summed E-state index contributed by atoms with van der Waals surface area (Å²) in [5.74, 6) is 6.05. The van der Waals surface area contributed by atoms with Crippen LogP contribution in [0.1, 0.15) is 30.0 Å². The molecule has 3 N–H and O–H groups in total. The summed E-state index contributed by atoms with van der Waals surface area (Å²) in [5.41, 5.74) is 5.30. The van der Waals surface area contributed by atoms with Crippen molar-refractivity contribution in [2.45, 2.75) is 19.4 Å². The summed E-state index contributed by atoms with van der Waals surface area (Å²) in [5, 5.41) is 5.13. The van der Waals surface area contributed by atoms with Gasteiger partial charge in [0.05, 0.1) is 5.69 Å². The largest absolute Gasteiger partial charge is 0.459 e. The molecule has 3 rings (SSSR count). The predicted molar refractivity (Wildman–Crippen MR) is 77.9 cm³/mol. The molecule has 0 amide bonds. The van der Waals surface area contributed by atoms with E-state index in [2.05, 4.69) is 10.5 Å².